The van der Waals surface area contributed by atoms with E-state index in [4.69, 9.17) is 10.3 Å². The molecular weight excluding hydrogens is 312 g/mol. The van der Waals surface area contributed by atoms with E-state index in [0.717, 1.165) is 23.3 Å². The highest BCUT2D eigenvalue weighted by molar-refractivity contribution is 7.99. The van der Waals surface area contributed by atoms with Crippen LogP contribution in [0.1, 0.15) is 37.3 Å². The summed E-state index contributed by atoms with van der Waals surface area (Å²) in [6, 6.07) is 7.64. The molecule has 122 valence electrons. The van der Waals surface area contributed by atoms with Crippen LogP contribution in [0.15, 0.2) is 28.8 Å². The molecule has 1 saturated heterocycles. The Bertz CT molecular complexity index is 671. The first-order chi connectivity index (χ1) is 11.2. The summed E-state index contributed by atoms with van der Waals surface area (Å²) >= 11 is 1.71. The predicted octanol–water partition coefficient (Wildman–Crippen LogP) is 2.57. The Balaban J connectivity index is 1.79. The number of benzene rings is 1. The van der Waals surface area contributed by atoms with Crippen LogP contribution in [0.3, 0.4) is 0 Å². The lowest BCUT2D eigenvalue weighted by Gasteiger charge is -2.20. The fourth-order valence-corrected chi connectivity index (χ4v) is 3.70. The highest BCUT2D eigenvalue weighted by Gasteiger charge is 2.34. The number of aromatic nitrogens is 2. The number of rotatable bonds is 5. The van der Waals surface area contributed by atoms with E-state index in [-0.39, 0.29) is 11.9 Å². The lowest BCUT2D eigenvalue weighted by molar-refractivity contribution is -0.132. The third-order valence-electron chi connectivity index (χ3n) is 3.84. The van der Waals surface area contributed by atoms with E-state index < -0.39 is 0 Å². The summed E-state index contributed by atoms with van der Waals surface area (Å²) in [5.74, 6) is 2.69. The van der Waals surface area contributed by atoms with Crippen LogP contribution in [-0.2, 0) is 11.3 Å². The van der Waals surface area contributed by atoms with E-state index in [2.05, 4.69) is 10.1 Å². The molecule has 0 bridgehead atoms. The van der Waals surface area contributed by atoms with Crippen molar-refractivity contribution in [3.8, 4) is 11.4 Å². The first-order valence-electron chi connectivity index (χ1n) is 7.73. The molecule has 6 nitrogen and oxygen atoms in total. The van der Waals surface area contributed by atoms with Crippen LogP contribution >= 0.6 is 11.8 Å². The second kappa shape index (κ2) is 7.14. The summed E-state index contributed by atoms with van der Waals surface area (Å²) in [5.41, 5.74) is 7.54. The molecule has 0 spiro atoms. The zero-order valence-electron chi connectivity index (χ0n) is 13.1. The number of hydrogen-bond donors (Lipinski definition) is 1. The molecule has 1 aromatic carbocycles. The fraction of sp³-hybridized carbons (Fsp3) is 0.438. The molecule has 7 heteroatoms. The lowest BCUT2D eigenvalue weighted by Crippen LogP contribution is -2.30. The molecule has 0 radical (unpaired) electrons. The molecule has 0 saturated carbocycles. The van der Waals surface area contributed by atoms with E-state index in [1.807, 2.05) is 36.1 Å². The molecule has 23 heavy (non-hydrogen) atoms. The minimum Gasteiger partial charge on any atom is -0.337 e. The third-order valence-corrected chi connectivity index (χ3v) is 4.85. The average Bonchev–Trinajstić information content (AvgIpc) is 3.24. The molecule has 3 rings (SSSR count). The second-order valence-electron chi connectivity index (χ2n) is 5.49. The van der Waals surface area contributed by atoms with Crippen molar-refractivity contribution in [2.45, 2.75) is 32.4 Å². The number of thioether (sulfide) groups is 1. The summed E-state index contributed by atoms with van der Waals surface area (Å²) in [7, 11) is 0. The first-order valence-corrected chi connectivity index (χ1v) is 8.88. The number of amides is 1. The quantitative estimate of drug-likeness (QED) is 0.906. The van der Waals surface area contributed by atoms with E-state index in [1.165, 1.54) is 0 Å². The highest BCUT2D eigenvalue weighted by Crippen LogP contribution is 2.33. The summed E-state index contributed by atoms with van der Waals surface area (Å²) in [5, 5.41) is 4.06. The largest absolute Gasteiger partial charge is 0.337 e. The van der Waals surface area contributed by atoms with Gasteiger partial charge in [0.2, 0.25) is 11.7 Å². The average molecular weight is 332 g/mol. The Hall–Kier alpha value is -1.86. The fourth-order valence-electron chi connectivity index (χ4n) is 2.53. The van der Waals surface area contributed by atoms with E-state index >= 15 is 0 Å². The zero-order chi connectivity index (χ0) is 16.2. The van der Waals surface area contributed by atoms with Crippen LogP contribution in [-0.4, -0.2) is 32.6 Å². The van der Waals surface area contributed by atoms with Gasteiger partial charge >= 0.3 is 0 Å². The zero-order valence-corrected chi connectivity index (χ0v) is 13.9. The van der Waals surface area contributed by atoms with Crippen LogP contribution in [0.25, 0.3) is 11.4 Å². The van der Waals surface area contributed by atoms with E-state index in [0.29, 0.717) is 30.6 Å². The number of carbonyl (C=O) groups excluding carboxylic acids is 1. The van der Waals surface area contributed by atoms with Gasteiger partial charge in [0.05, 0.1) is 5.88 Å². The topological polar surface area (TPSA) is 85.2 Å². The second-order valence-corrected chi connectivity index (χ2v) is 6.49. The van der Waals surface area contributed by atoms with Gasteiger partial charge in [-0.05, 0) is 12.0 Å². The van der Waals surface area contributed by atoms with Crippen molar-refractivity contribution >= 4 is 17.7 Å². The van der Waals surface area contributed by atoms with E-state index in [1.54, 1.807) is 11.8 Å². The molecule has 2 N–H and O–H groups in total. The van der Waals surface area contributed by atoms with Gasteiger partial charge in [0, 0.05) is 24.3 Å². The van der Waals surface area contributed by atoms with Crippen LogP contribution in [0.2, 0.25) is 0 Å². The summed E-state index contributed by atoms with van der Waals surface area (Å²) in [6.07, 6.45) is 1.40. The minimum atomic E-state index is -0.122. The van der Waals surface area contributed by atoms with Gasteiger partial charge in [-0.25, -0.2) is 0 Å². The van der Waals surface area contributed by atoms with Crippen molar-refractivity contribution in [1.29, 1.82) is 0 Å². The van der Waals surface area contributed by atoms with Gasteiger partial charge in [-0.2, -0.15) is 4.98 Å². The minimum absolute atomic E-state index is 0.122. The molecule has 1 aliphatic rings. The van der Waals surface area contributed by atoms with Gasteiger partial charge in [-0.3, -0.25) is 4.79 Å². The van der Waals surface area contributed by atoms with Gasteiger partial charge in [0.25, 0.3) is 5.89 Å². The SMILES string of the molecule is CCCC(=O)N1CSCC1c1nc(-c2ccc(CN)cc2)no1. The molecule has 2 aromatic rings. The van der Waals surface area contributed by atoms with Crippen molar-refractivity contribution in [3.05, 3.63) is 35.7 Å². The van der Waals surface area contributed by atoms with Crippen LogP contribution in [0.5, 0.6) is 0 Å². The van der Waals surface area contributed by atoms with Gasteiger partial charge in [0.15, 0.2) is 0 Å². The Kier molecular flexibility index (Phi) is 4.97. The van der Waals surface area contributed by atoms with Crippen LogP contribution in [0, 0.1) is 0 Å². The van der Waals surface area contributed by atoms with Gasteiger partial charge in [-0.1, -0.05) is 36.3 Å². The van der Waals surface area contributed by atoms with Gasteiger partial charge in [0.1, 0.15) is 6.04 Å². The Morgan fingerprint density at radius 1 is 1.43 bits per heavy atom. The standard InChI is InChI=1S/C16H20N4O2S/c1-2-3-14(21)20-10-23-9-13(20)16-18-15(19-22-16)12-6-4-11(8-17)5-7-12/h4-7,13H,2-3,8-10,17H2,1H3. The molecule has 1 aliphatic heterocycles. The summed E-state index contributed by atoms with van der Waals surface area (Å²) in [4.78, 5) is 18.5. The number of hydrogen-bond acceptors (Lipinski definition) is 6. The van der Waals surface area contributed by atoms with Crippen molar-refractivity contribution < 1.29 is 9.32 Å². The lowest BCUT2D eigenvalue weighted by atomic mass is 10.1. The van der Waals surface area contributed by atoms with Crippen molar-refractivity contribution in [1.82, 2.24) is 15.0 Å². The predicted molar refractivity (Wildman–Crippen MR) is 89.4 cm³/mol. The Labute approximate surface area is 139 Å². The molecule has 0 aliphatic carbocycles. The summed E-state index contributed by atoms with van der Waals surface area (Å²) < 4.78 is 5.43. The smallest absolute Gasteiger partial charge is 0.250 e. The Morgan fingerprint density at radius 3 is 2.91 bits per heavy atom. The van der Waals surface area contributed by atoms with Crippen molar-refractivity contribution in [2.75, 3.05) is 11.6 Å². The molecule has 1 amide bonds. The van der Waals surface area contributed by atoms with Crippen LogP contribution in [0.4, 0.5) is 0 Å². The number of nitrogens with zero attached hydrogens (tertiary/aromatic N) is 3. The van der Waals surface area contributed by atoms with Gasteiger partial charge in [-0.15, -0.1) is 11.8 Å². The van der Waals surface area contributed by atoms with Crippen molar-refractivity contribution in [2.24, 2.45) is 5.73 Å². The third kappa shape index (κ3) is 3.40. The Morgan fingerprint density at radius 2 is 2.22 bits per heavy atom. The molecule has 2 heterocycles. The van der Waals surface area contributed by atoms with E-state index in [9.17, 15) is 4.79 Å². The first kappa shape index (κ1) is 16.0. The highest BCUT2D eigenvalue weighted by atomic mass is 32.2. The molecule has 1 unspecified atom stereocenters. The molecule has 1 atom stereocenters. The monoisotopic (exact) mass is 332 g/mol. The maximum absolute atomic E-state index is 12.2. The molecule has 1 fully saturated rings. The maximum Gasteiger partial charge on any atom is 0.250 e. The molecule has 1 aromatic heterocycles. The van der Waals surface area contributed by atoms with Crippen molar-refractivity contribution in [3.63, 3.8) is 0 Å². The number of carbonyl (C=O) groups is 1. The molecular formula is C16H20N4O2S. The summed E-state index contributed by atoms with van der Waals surface area (Å²) in [6.45, 7) is 2.51. The normalized spacial score (nSPS) is 17.7. The maximum atomic E-state index is 12.2. The van der Waals surface area contributed by atoms with Gasteiger partial charge < -0.3 is 15.2 Å². The van der Waals surface area contributed by atoms with Crippen LogP contribution < -0.4 is 5.73 Å². The number of nitrogens with two attached hydrogens (primary N) is 1.